The second-order valence-electron chi connectivity index (χ2n) is 6.85. The summed E-state index contributed by atoms with van der Waals surface area (Å²) in [5.74, 6) is 1.77. The molecule has 0 spiro atoms. The van der Waals surface area contributed by atoms with Crippen molar-refractivity contribution in [1.82, 2.24) is 10.6 Å². The fourth-order valence-electron chi connectivity index (χ4n) is 3.36. The minimum absolute atomic E-state index is 0.536. The fraction of sp³-hybridized carbons (Fsp3) is 1.00. The van der Waals surface area contributed by atoms with Crippen LogP contribution in [0.5, 0.6) is 0 Å². The normalized spacial score (nSPS) is 29.2. The summed E-state index contributed by atoms with van der Waals surface area (Å²) in [5, 5.41) is 7.13. The van der Waals surface area contributed by atoms with Crippen molar-refractivity contribution >= 4 is 0 Å². The third-order valence-corrected chi connectivity index (χ3v) is 5.56. The topological polar surface area (TPSA) is 24.1 Å². The van der Waals surface area contributed by atoms with E-state index in [1.54, 1.807) is 0 Å². The van der Waals surface area contributed by atoms with Gasteiger partial charge in [-0.3, -0.25) is 0 Å². The first kappa shape index (κ1) is 12.4. The third kappa shape index (κ3) is 2.14. The molecule has 0 radical (unpaired) electrons. The number of rotatable bonds is 4. The second kappa shape index (κ2) is 4.30. The lowest BCUT2D eigenvalue weighted by Gasteiger charge is -2.23. The SMILES string of the molecule is CC1(C)C(CNCC2CCNCC2)C1(C)C. The molecule has 0 aromatic rings. The van der Waals surface area contributed by atoms with E-state index in [1.807, 2.05) is 0 Å². The van der Waals surface area contributed by atoms with Crippen LogP contribution in [0.15, 0.2) is 0 Å². The Labute approximate surface area is 101 Å². The van der Waals surface area contributed by atoms with Crippen molar-refractivity contribution in [3.8, 4) is 0 Å². The first-order chi connectivity index (χ1) is 7.46. The van der Waals surface area contributed by atoms with Gasteiger partial charge in [0.25, 0.3) is 0 Å². The molecule has 2 aliphatic rings. The number of hydrogen-bond donors (Lipinski definition) is 2. The average Bonchev–Trinajstić information content (AvgIpc) is 2.62. The molecule has 0 atom stereocenters. The summed E-state index contributed by atoms with van der Waals surface area (Å²) in [5.41, 5.74) is 1.07. The largest absolute Gasteiger partial charge is 0.317 e. The summed E-state index contributed by atoms with van der Waals surface area (Å²) in [4.78, 5) is 0. The van der Waals surface area contributed by atoms with Crippen molar-refractivity contribution in [2.45, 2.75) is 40.5 Å². The van der Waals surface area contributed by atoms with E-state index in [4.69, 9.17) is 0 Å². The van der Waals surface area contributed by atoms with Crippen LogP contribution in [-0.4, -0.2) is 26.2 Å². The third-order valence-electron chi connectivity index (χ3n) is 5.56. The van der Waals surface area contributed by atoms with Crippen molar-refractivity contribution in [3.05, 3.63) is 0 Å². The highest BCUT2D eigenvalue weighted by molar-refractivity contribution is 5.12. The van der Waals surface area contributed by atoms with Gasteiger partial charge < -0.3 is 10.6 Å². The molecule has 94 valence electrons. The monoisotopic (exact) mass is 224 g/mol. The lowest BCUT2D eigenvalue weighted by Crippen LogP contribution is -2.34. The molecular weight excluding hydrogens is 196 g/mol. The minimum Gasteiger partial charge on any atom is -0.317 e. The Kier molecular flexibility index (Phi) is 3.33. The van der Waals surface area contributed by atoms with E-state index in [0.29, 0.717) is 10.8 Å². The summed E-state index contributed by atoms with van der Waals surface area (Å²) in [7, 11) is 0. The first-order valence-electron chi connectivity index (χ1n) is 6.87. The maximum atomic E-state index is 3.70. The molecule has 1 heterocycles. The van der Waals surface area contributed by atoms with Crippen LogP contribution >= 0.6 is 0 Å². The molecule has 1 saturated carbocycles. The summed E-state index contributed by atoms with van der Waals surface area (Å²) >= 11 is 0. The van der Waals surface area contributed by atoms with Crippen LogP contribution in [0.25, 0.3) is 0 Å². The summed E-state index contributed by atoms with van der Waals surface area (Å²) in [6.45, 7) is 14.5. The van der Waals surface area contributed by atoms with E-state index in [1.165, 1.54) is 39.0 Å². The van der Waals surface area contributed by atoms with Crippen LogP contribution in [0.2, 0.25) is 0 Å². The average molecular weight is 224 g/mol. The quantitative estimate of drug-likeness (QED) is 0.765. The van der Waals surface area contributed by atoms with E-state index in [-0.39, 0.29) is 0 Å². The maximum Gasteiger partial charge on any atom is -0.000977 e. The number of piperidine rings is 1. The fourth-order valence-corrected chi connectivity index (χ4v) is 3.36. The molecular formula is C14H28N2. The molecule has 0 amide bonds. The van der Waals surface area contributed by atoms with Gasteiger partial charge in [-0.05, 0) is 61.7 Å². The smallest absolute Gasteiger partial charge is 0.000977 e. The Bertz CT molecular complexity index is 225. The van der Waals surface area contributed by atoms with Gasteiger partial charge in [-0.2, -0.15) is 0 Å². The Morgan fingerprint density at radius 3 is 2.06 bits per heavy atom. The molecule has 2 N–H and O–H groups in total. The highest BCUT2D eigenvalue weighted by Crippen LogP contribution is 2.67. The molecule has 2 rings (SSSR count). The summed E-state index contributed by atoms with van der Waals surface area (Å²) < 4.78 is 0. The van der Waals surface area contributed by atoms with Gasteiger partial charge in [0, 0.05) is 0 Å². The van der Waals surface area contributed by atoms with Crippen LogP contribution in [0.3, 0.4) is 0 Å². The van der Waals surface area contributed by atoms with E-state index < -0.39 is 0 Å². The second-order valence-corrected chi connectivity index (χ2v) is 6.85. The predicted molar refractivity (Wildman–Crippen MR) is 69.5 cm³/mol. The Morgan fingerprint density at radius 2 is 1.56 bits per heavy atom. The Hall–Kier alpha value is -0.0800. The van der Waals surface area contributed by atoms with E-state index >= 15 is 0 Å². The van der Waals surface area contributed by atoms with Gasteiger partial charge in [-0.15, -0.1) is 0 Å². The zero-order valence-corrected chi connectivity index (χ0v) is 11.4. The van der Waals surface area contributed by atoms with Crippen molar-refractivity contribution in [2.75, 3.05) is 26.2 Å². The van der Waals surface area contributed by atoms with Crippen molar-refractivity contribution in [3.63, 3.8) is 0 Å². The molecule has 1 aliphatic heterocycles. The molecule has 1 saturated heterocycles. The van der Waals surface area contributed by atoms with Crippen LogP contribution in [0, 0.1) is 22.7 Å². The van der Waals surface area contributed by atoms with E-state index in [0.717, 1.165) is 11.8 Å². The molecule has 0 aromatic heterocycles. The van der Waals surface area contributed by atoms with E-state index in [9.17, 15) is 0 Å². The van der Waals surface area contributed by atoms with Crippen molar-refractivity contribution in [1.29, 1.82) is 0 Å². The highest BCUT2D eigenvalue weighted by Gasteiger charge is 2.63. The van der Waals surface area contributed by atoms with Gasteiger partial charge in [-0.1, -0.05) is 27.7 Å². The Balaban J connectivity index is 1.66. The number of hydrogen-bond acceptors (Lipinski definition) is 2. The summed E-state index contributed by atoms with van der Waals surface area (Å²) in [6.07, 6.45) is 2.70. The lowest BCUT2D eigenvalue weighted by atomic mass is 9.98. The highest BCUT2D eigenvalue weighted by atomic mass is 14.9. The molecule has 2 nitrogen and oxygen atoms in total. The van der Waals surface area contributed by atoms with Crippen LogP contribution < -0.4 is 10.6 Å². The zero-order chi connectivity index (χ0) is 11.8. The molecule has 2 heteroatoms. The zero-order valence-electron chi connectivity index (χ0n) is 11.4. The number of nitrogens with one attached hydrogen (secondary N) is 2. The standard InChI is InChI=1S/C14H28N2/c1-13(2)12(14(13,3)4)10-16-9-11-5-7-15-8-6-11/h11-12,15-16H,5-10H2,1-4H3. The molecule has 1 aliphatic carbocycles. The van der Waals surface area contributed by atoms with Gasteiger partial charge in [0.15, 0.2) is 0 Å². The molecule has 2 fully saturated rings. The van der Waals surface area contributed by atoms with Crippen molar-refractivity contribution in [2.24, 2.45) is 22.7 Å². The van der Waals surface area contributed by atoms with Crippen molar-refractivity contribution < 1.29 is 0 Å². The first-order valence-corrected chi connectivity index (χ1v) is 6.87. The van der Waals surface area contributed by atoms with Gasteiger partial charge in [0.1, 0.15) is 0 Å². The molecule has 16 heavy (non-hydrogen) atoms. The molecule has 0 aromatic carbocycles. The van der Waals surface area contributed by atoms with Crippen LogP contribution in [0.4, 0.5) is 0 Å². The predicted octanol–water partition coefficient (Wildman–Crippen LogP) is 2.26. The lowest BCUT2D eigenvalue weighted by molar-refractivity contribution is 0.350. The van der Waals surface area contributed by atoms with Crippen LogP contribution in [-0.2, 0) is 0 Å². The molecule has 0 unspecified atom stereocenters. The van der Waals surface area contributed by atoms with Crippen LogP contribution in [0.1, 0.15) is 40.5 Å². The van der Waals surface area contributed by atoms with Gasteiger partial charge in [-0.25, -0.2) is 0 Å². The minimum atomic E-state index is 0.536. The van der Waals surface area contributed by atoms with Gasteiger partial charge in [0.05, 0.1) is 0 Å². The van der Waals surface area contributed by atoms with Gasteiger partial charge in [0.2, 0.25) is 0 Å². The Morgan fingerprint density at radius 1 is 1.00 bits per heavy atom. The summed E-state index contributed by atoms with van der Waals surface area (Å²) in [6, 6.07) is 0. The molecule has 0 bridgehead atoms. The van der Waals surface area contributed by atoms with Gasteiger partial charge >= 0.3 is 0 Å². The maximum absolute atomic E-state index is 3.70. The van der Waals surface area contributed by atoms with E-state index in [2.05, 4.69) is 38.3 Å².